The molecule has 5 heteroatoms. The van der Waals surface area contributed by atoms with Crippen LogP contribution in [0.2, 0.25) is 0 Å². The predicted octanol–water partition coefficient (Wildman–Crippen LogP) is 4.29. The third kappa shape index (κ3) is 6.39. The van der Waals surface area contributed by atoms with Crippen LogP contribution < -0.4 is 4.74 Å². The lowest BCUT2D eigenvalue weighted by molar-refractivity contribution is -0.186. The van der Waals surface area contributed by atoms with Crippen molar-refractivity contribution in [2.24, 2.45) is 11.8 Å². The number of para-hydroxylation sites is 1. The molecule has 29 heavy (non-hydrogen) atoms. The van der Waals surface area contributed by atoms with E-state index < -0.39 is 5.79 Å². The van der Waals surface area contributed by atoms with E-state index in [1.807, 2.05) is 36.4 Å². The Labute approximate surface area is 174 Å². The Morgan fingerprint density at radius 3 is 2.59 bits per heavy atom. The number of allylic oxidation sites excluding steroid dienone is 1. The quantitative estimate of drug-likeness (QED) is 0.417. The van der Waals surface area contributed by atoms with Gasteiger partial charge in [-0.25, -0.2) is 0 Å². The highest BCUT2D eigenvalue weighted by Crippen LogP contribution is 2.48. The number of rotatable bonds is 12. The molecule has 160 valence electrons. The summed E-state index contributed by atoms with van der Waals surface area (Å²) in [6.45, 7) is 1.66. The maximum atomic E-state index is 12.3. The second kappa shape index (κ2) is 11.5. The molecule has 3 rings (SSSR count). The lowest BCUT2D eigenvalue weighted by Gasteiger charge is -2.31. The molecule has 1 N–H and O–H groups in total. The lowest BCUT2D eigenvalue weighted by atomic mass is 9.87. The van der Waals surface area contributed by atoms with E-state index in [1.54, 1.807) is 6.08 Å². The fourth-order valence-electron chi connectivity index (χ4n) is 4.53. The summed E-state index contributed by atoms with van der Waals surface area (Å²) in [7, 11) is 0. The zero-order valence-electron chi connectivity index (χ0n) is 17.3. The maximum Gasteiger partial charge on any atom is 0.192 e. The molecule has 0 radical (unpaired) electrons. The van der Waals surface area contributed by atoms with Crippen LogP contribution in [0.25, 0.3) is 0 Å². The van der Waals surface area contributed by atoms with Gasteiger partial charge in [0.2, 0.25) is 0 Å². The maximum absolute atomic E-state index is 12.3. The Balaban J connectivity index is 1.50. The van der Waals surface area contributed by atoms with Crippen LogP contribution in [0.15, 0.2) is 42.5 Å². The number of benzene rings is 1. The van der Waals surface area contributed by atoms with Crippen LogP contribution in [0, 0.1) is 11.8 Å². The number of hydrogen-bond acceptors (Lipinski definition) is 5. The highest BCUT2D eigenvalue weighted by Gasteiger charge is 2.51. The van der Waals surface area contributed by atoms with E-state index in [4.69, 9.17) is 19.3 Å². The van der Waals surface area contributed by atoms with Crippen LogP contribution in [-0.2, 0) is 14.3 Å². The van der Waals surface area contributed by atoms with Gasteiger partial charge in [-0.05, 0) is 43.4 Å². The Hall–Kier alpha value is -1.69. The summed E-state index contributed by atoms with van der Waals surface area (Å²) >= 11 is 0. The van der Waals surface area contributed by atoms with Crippen molar-refractivity contribution in [3.63, 3.8) is 0 Å². The SMILES string of the molecule is O=C(C=CC1CCC2(OCCO2)C1CCCCCCCO)COc1ccccc1. The summed E-state index contributed by atoms with van der Waals surface area (Å²) in [5.74, 6) is 0.823. The molecule has 1 saturated heterocycles. The molecule has 1 aromatic carbocycles. The normalized spacial score (nSPS) is 23.2. The summed E-state index contributed by atoms with van der Waals surface area (Å²) < 4.78 is 17.7. The van der Waals surface area contributed by atoms with Crippen molar-refractivity contribution in [3.05, 3.63) is 42.5 Å². The molecule has 1 spiro atoms. The van der Waals surface area contributed by atoms with Gasteiger partial charge in [0.1, 0.15) is 5.75 Å². The first-order valence-electron chi connectivity index (χ1n) is 11.0. The molecular weight excluding hydrogens is 368 g/mol. The van der Waals surface area contributed by atoms with Crippen LogP contribution in [0.4, 0.5) is 0 Å². The highest BCUT2D eigenvalue weighted by molar-refractivity contribution is 5.90. The first-order chi connectivity index (χ1) is 14.2. The molecule has 0 bridgehead atoms. The van der Waals surface area contributed by atoms with Gasteiger partial charge in [-0.15, -0.1) is 0 Å². The van der Waals surface area contributed by atoms with E-state index in [-0.39, 0.29) is 19.0 Å². The topological polar surface area (TPSA) is 65.0 Å². The Kier molecular flexibility index (Phi) is 8.71. The van der Waals surface area contributed by atoms with Crippen molar-refractivity contribution >= 4 is 5.78 Å². The molecule has 5 nitrogen and oxygen atoms in total. The standard InChI is InChI=1S/C24H34O5/c25-16-8-3-1-2-7-11-23-20(14-15-24(23)28-17-18-29-24)12-13-21(26)19-27-22-9-5-4-6-10-22/h4-6,9-10,12-13,20,23,25H,1-3,7-8,11,14-19H2. The molecule has 2 aliphatic rings. The number of aliphatic hydroxyl groups is 1. The molecule has 1 aliphatic heterocycles. The zero-order valence-corrected chi connectivity index (χ0v) is 17.3. The fraction of sp³-hybridized carbons (Fsp3) is 0.625. The lowest BCUT2D eigenvalue weighted by Crippen LogP contribution is -2.36. The van der Waals surface area contributed by atoms with Gasteiger partial charge in [0.15, 0.2) is 18.2 Å². The van der Waals surface area contributed by atoms with E-state index in [2.05, 4.69) is 0 Å². The third-order valence-corrected chi connectivity index (χ3v) is 6.01. The van der Waals surface area contributed by atoms with E-state index in [0.717, 1.165) is 51.4 Å². The van der Waals surface area contributed by atoms with Gasteiger partial charge in [0.05, 0.1) is 13.2 Å². The van der Waals surface area contributed by atoms with Crippen LogP contribution >= 0.6 is 0 Å². The van der Waals surface area contributed by atoms with Gasteiger partial charge >= 0.3 is 0 Å². The van der Waals surface area contributed by atoms with Gasteiger partial charge in [0.25, 0.3) is 0 Å². The average Bonchev–Trinajstić information content (AvgIpc) is 3.36. The van der Waals surface area contributed by atoms with Gasteiger partial charge in [-0.3, -0.25) is 4.79 Å². The molecule has 1 heterocycles. The summed E-state index contributed by atoms with van der Waals surface area (Å²) in [6, 6.07) is 9.41. The van der Waals surface area contributed by atoms with Crippen molar-refractivity contribution in [3.8, 4) is 5.75 Å². The largest absolute Gasteiger partial charge is 0.485 e. The molecule has 0 aromatic heterocycles. The molecule has 1 aliphatic carbocycles. The van der Waals surface area contributed by atoms with E-state index in [0.29, 0.717) is 30.8 Å². The van der Waals surface area contributed by atoms with Crippen molar-refractivity contribution in [2.45, 2.75) is 57.2 Å². The van der Waals surface area contributed by atoms with Gasteiger partial charge < -0.3 is 19.3 Å². The van der Waals surface area contributed by atoms with Crippen molar-refractivity contribution in [2.75, 3.05) is 26.4 Å². The highest BCUT2D eigenvalue weighted by atomic mass is 16.7. The van der Waals surface area contributed by atoms with E-state index >= 15 is 0 Å². The van der Waals surface area contributed by atoms with Crippen molar-refractivity contribution < 1.29 is 24.1 Å². The number of hydrogen-bond donors (Lipinski definition) is 1. The Bertz CT molecular complexity index is 636. The molecule has 2 fully saturated rings. The van der Waals surface area contributed by atoms with Crippen molar-refractivity contribution in [1.29, 1.82) is 0 Å². The van der Waals surface area contributed by atoms with Crippen LogP contribution in [-0.4, -0.2) is 43.1 Å². The van der Waals surface area contributed by atoms with Gasteiger partial charge in [0, 0.05) is 18.9 Å². The minimum Gasteiger partial charge on any atom is -0.485 e. The first-order valence-corrected chi connectivity index (χ1v) is 11.0. The summed E-state index contributed by atoms with van der Waals surface area (Å²) in [5.41, 5.74) is 0. The van der Waals surface area contributed by atoms with Crippen LogP contribution in [0.1, 0.15) is 51.4 Å². The second-order valence-corrected chi connectivity index (χ2v) is 8.02. The summed E-state index contributed by atoms with van der Waals surface area (Å²) in [6.07, 6.45) is 12.1. The predicted molar refractivity (Wildman–Crippen MR) is 112 cm³/mol. The fourth-order valence-corrected chi connectivity index (χ4v) is 4.53. The smallest absolute Gasteiger partial charge is 0.192 e. The summed E-state index contributed by atoms with van der Waals surface area (Å²) in [5, 5.41) is 8.90. The summed E-state index contributed by atoms with van der Waals surface area (Å²) in [4.78, 5) is 12.3. The molecule has 1 saturated carbocycles. The molecule has 2 unspecified atom stereocenters. The molecule has 0 amide bonds. The minimum absolute atomic E-state index is 0.0224. The van der Waals surface area contributed by atoms with Crippen LogP contribution in [0.5, 0.6) is 5.75 Å². The number of unbranched alkanes of at least 4 members (excludes halogenated alkanes) is 4. The zero-order chi connectivity index (χ0) is 20.4. The Morgan fingerprint density at radius 2 is 1.83 bits per heavy atom. The first kappa shape index (κ1) is 22.0. The number of ether oxygens (including phenoxy) is 3. The average molecular weight is 403 g/mol. The van der Waals surface area contributed by atoms with E-state index in [1.165, 1.54) is 0 Å². The third-order valence-electron chi connectivity index (χ3n) is 6.01. The van der Waals surface area contributed by atoms with E-state index in [9.17, 15) is 4.79 Å². The number of aliphatic hydroxyl groups excluding tert-OH is 1. The number of carbonyl (C=O) groups excluding carboxylic acids is 1. The van der Waals surface area contributed by atoms with Crippen molar-refractivity contribution in [1.82, 2.24) is 0 Å². The minimum atomic E-state index is -0.455. The number of ketones is 1. The second-order valence-electron chi connectivity index (χ2n) is 8.02. The monoisotopic (exact) mass is 402 g/mol. The molecular formula is C24H34O5. The molecule has 2 atom stereocenters. The Morgan fingerprint density at radius 1 is 1.10 bits per heavy atom. The van der Waals surface area contributed by atoms with Crippen LogP contribution in [0.3, 0.4) is 0 Å². The van der Waals surface area contributed by atoms with Gasteiger partial charge in [-0.2, -0.15) is 0 Å². The number of carbonyl (C=O) groups is 1. The molecule has 1 aromatic rings. The van der Waals surface area contributed by atoms with Gasteiger partial charge in [-0.1, -0.05) is 50.0 Å².